The minimum absolute atomic E-state index is 0.0287. The van der Waals surface area contributed by atoms with Crippen LogP contribution in [0.15, 0.2) is 54.7 Å². The lowest BCUT2D eigenvalue weighted by Gasteiger charge is -2.24. The van der Waals surface area contributed by atoms with Crippen molar-refractivity contribution in [2.75, 3.05) is 10.6 Å². The van der Waals surface area contributed by atoms with Crippen LogP contribution in [0.1, 0.15) is 12.5 Å². The fourth-order valence-corrected chi connectivity index (χ4v) is 2.99. The summed E-state index contributed by atoms with van der Waals surface area (Å²) in [6.07, 6.45) is 1.37. The molecule has 2 N–H and O–H groups in total. The van der Waals surface area contributed by atoms with Gasteiger partial charge in [0.25, 0.3) is 0 Å². The number of nitrogens with zero attached hydrogens (tertiary/aromatic N) is 2. The van der Waals surface area contributed by atoms with Gasteiger partial charge < -0.3 is 10.6 Å². The van der Waals surface area contributed by atoms with Crippen molar-refractivity contribution in [1.29, 1.82) is 0 Å². The van der Waals surface area contributed by atoms with Gasteiger partial charge in [0.1, 0.15) is 23.5 Å². The van der Waals surface area contributed by atoms with Crippen LogP contribution in [-0.2, 0) is 9.59 Å². The van der Waals surface area contributed by atoms with E-state index in [1.165, 1.54) is 41.2 Å². The average molecular weight is 368 g/mol. The summed E-state index contributed by atoms with van der Waals surface area (Å²) in [7, 11) is 0. The van der Waals surface area contributed by atoms with Crippen molar-refractivity contribution >= 4 is 23.3 Å². The summed E-state index contributed by atoms with van der Waals surface area (Å²) in [5.41, 5.74) is 1.24. The molecule has 1 aliphatic rings. The monoisotopic (exact) mass is 368 g/mol. The third-order valence-corrected chi connectivity index (χ3v) is 4.32. The Bertz CT molecular complexity index is 1030. The second-order valence-corrected chi connectivity index (χ2v) is 6.10. The van der Waals surface area contributed by atoms with Crippen LogP contribution >= 0.6 is 0 Å². The van der Waals surface area contributed by atoms with Crippen LogP contribution in [0.2, 0.25) is 0 Å². The van der Waals surface area contributed by atoms with Gasteiger partial charge in [-0.3, -0.25) is 9.59 Å². The molecule has 1 aliphatic heterocycles. The Morgan fingerprint density at radius 1 is 1.15 bits per heavy atom. The Balaban J connectivity index is 1.67. The number of halogens is 2. The third-order valence-electron chi connectivity index (χ3n) is 4.32. The molecule has 0 fully saturated rings. The minimum atomic E-state index is -0.928. The van der Waals surface area contributed by atoms with Gasteiger partial charge in [-0.15, -0.1) is 0 Å². The second kappa shape index (κ2) is 6.64. The molecule has 0 aliphatic carbocycles. The third kappa shape index (κ3) is 3.17. The molecule has 27 heavy (non-hydrogen) atoms. The number of fused-ring (bicyclic) bond motifs is 1. The standard InChI is InChI=1S/C19H14F2N4O2/c20-12-7-5-11(6-8-12)13-10-22-25-16(9-17(26)24-18(13)25)19(27)23-15-4-2-1-3-14(15)21/h1-8,10,16H,9H2,(H,23,27)(H,24,26)/t16-/m0/s1. The Kier molecular flexibility index (Phi) is 4.15. The Morgan fingerprint density at radius 2 is 1.89 bits per heavy atom. The van der Waals surface area contributed by atoms with Crippen LogP contribution in [0.4, 0.5) is 20.3 Å². The van der Waals surface area contributed by atoms with Gasteiger partial charge in [-0.05, 0) is 29.8 Å². The number of hydrogen-bond acceptors (Lipinski definition) is 3. The molecule has 0 bridgehead atoms. The molecule has 3 aromatic rings. The molecule has 1 atom stereocenters. The van der Waals surface area contributed by atoms with E-state index < -0.39 is 17.8 Å². The molecule has 0 spiro atoms. The van der Waals surface area contributed by atoms with Crippen LogP contribution in [0.25, 0.3) is 11.1 Å². The van der Waals surface area contributed by atoms with Crippen molar-refractivity contribution < 1.29 is 18.4 Å². The van der Waals surface area contributed by atoms with E-state index >= 15 is 0 Å². The minimum Gasteiger partial charge on any atom is -0.322 e. The normalized spacial score (nSPS) is 15.8. The Morgan fingerprint density at radius 3 is 2.63 bits per heavy atom. The molecule has 1 aromatic heterocycles. The highest BCUT2D eigenvalue weighted by Gasteiger charge is 2.33. The van der Waals surface area contributed by atoms with E-state index in [2.05, 4.69) is 15.7 Å². The van der Waals surface area contributed by atoms with E-state index in [4.69, 9.17) is 0 Å². The van der Waals surface area contributed by atoms with Crippen LogP contribution in [0.3, 0.4) is 0 Å². The predicted octanol–water partition coefficient (Wildman–Crippen LogP) is 3.35. The first-order valence-corrected chi connectivity index (χ1v) is 8.21. The van der Waals surface area contributed by atoms with E-state index in [0.717, 1.165) is 0 Å². The van der Waals surface area contributed by atoms with Gasteiger partial charge in [0.15, 0.2) is 0 Å². The van der Waals surface area contributed by atoms with Gasteiger partial charge in [0, 0.05) is 5.56 Å². The fourth-order valence-electron chi connectivity index (χ4n) is 2.99. The first kappa shape index (κ1) is 16.9. The van der Waals surface area contributed by atoms with Gasteiger partial charge >= 0.3 is 0 Å². The topological polar surface area (TPSA) is 76.0 Å². The lowest BCUT2D eigenvalue weighted by atomic mass is 10.1. The molecule has 0 unspecified atom stereocenters. The summed E-state index contributed by atoms with van der Waals surface area (Å²) < 4.78 is 28.3. The number of hydrogen-bond donors (Lipinski definition) is 2. The van der Waals surface area contributed by atoms with Crippen LogP contribution in [-0.4, -0.2) is 21.6 Å². The Labute approximate surface area is 152 Å². The molecule has 0 saturated carbocycles. The SMILES string of the molecule is O=C1C[C@@H](C(=O)Nc2ccccc2F)n2ncc(-c3ccc(F)cc3)c2N1. The van der Waals surface area contributed by atoms with Crippen molar-refractivity contribution in [3.8, 4) is 11.1 Å². The number of nitrogens with one attached hydrogen (secondary N) is 2. The molecule has 2 aromatic carbocycles. The summed E-state index contributed by atoms with van der Waals surface area (Å²) in [6.45, 7) is 0. The predicted molar refractivity (Wildman–Crippen MR) is 94.9 cm³/mol. The van der Waals surface area contributed by atoms with Gasteiger partial charge in [0.2, 0.25) is 11.8 Å². The molecule has 0 saturated heterocycles. The summed E-state index contributed by atoms with van der Waals surface area (Å²) in [5.74, 6) is -1.53. The number of anilines is 2. The molecular formula is C19H14F2N4O2. The van der Waals surface area contributed by atoms with Crippen molar-refractivity contribution in [3.63, 3.8) is 0 Å². The second-order valence-electron chi connectivity index (χ2n) is 6.10. The number of carbonyl (C=O) groups is 2. The molecule has 4 rings (SSSR count). The van der Waals surface area contributed by atoms with Crippen LogP contribution < -0.4 is 10.6 Å². The van der Waals surface area contributed by atoms with Crippen molar-refractivity contribution in [2.45, 2.75) is 12.5 Å². The highest BCUT2D eigenvalue weighted by molar-refractivity contribution is 6.03. The molecular weight excluding hydrogens is 354 g/mol. The lowest BCUT2D eigenvalue weighted by molar-refractivity contribution is -0.125. The van der Waals surface area contributed by atoms with Crippen LogP contribution in [0, 0.1) is 11.6 Å². The van der Waals surface area contributed by atoms with Crippen molar-refractivity contribution in [3.05, 3.63) is 66.4 Å². The zero-order valence-electron chi connectivity index (χ0n) is 13.9. The number of benzene rings is 2. The number of carbonyl (C=O) groups excluding carboxylic acids is 2. The summed E-state index contributed by atoms with van der Waals surface area (Å²) in [4.78, 5) is 24.8. The highest BCUT2D eigenvalue weighted by Crippen LogP contribution is 2.34. The molecule has 8 heteroatoms. The first-order valence-electron chi connectivity index (χ1n) is 8.21. The zero-order valence-corrected chi connectivity index (χ0v) is 13.9. The number of rotatable bonds is 3. The van der Waals surface area contributed by atoms with E-state index in [-0.39, 0.29) is 23.8 Å². The van der Waals surface area contributed by atoms with E-state index in [9.17, 15) is 18.4 Å². The Hall–Kier alpha value is -3.55. The van der Waals surface area contributed by atoms with E-state index in [0.29, 0.717) is 16.9 Å². The smallest absolute Gasteiger partial charge is 0.249 e. The maximum atomic E-state index is 13.8. The van der Waals surface area contributed by atoms with E-state index in [1.807, 2.05) is 0 Å². The molecule has 2 heterocycles. The molecule has 136 valence electrons. The molecule has 0 radical (unpaired) electrons. The van der Waals surface area contributed by atoms with Gasteiger partial charge in [0.05, 0.1) is 18.3 Å². The van der Waals surface area contributed by atoms with Crippen molar-refractivity contribution in [1.82, 2.24) is 9.78 Å². The highest BCUT2D eigenvalue weighted by atomic mass is 19.1. The summed E-state index contributed by atoms with van der Waals surface area (Å²) in [6, 6.07) is 10.6. The van der Waals surface area contributed by atoms with E-state index in [1.54, 1.807) is 18.2 Å². The quantitative estimate of drug-likeness (QED) is 0.744. The zero-order chi connectivity index (χ0) is 19.0. The first-order chi connectivity index (χ1) is 13.0. The summed E-state index contributed by atoms with van der Waals surface area (Å²) >= 11 is 0. The largest absolute Gasteiger partial charge is 0.322 e. The maximum absolute atomic E-state index is 13.8. The fraction of sp³-hybridized carbons (Fsp3) is 0.105. The summed E-state index contributed by atoms with van der Waals surface area (Å²) in [5, 5.41) is 9.40. The number of para-hydroxylation sites is 1. The van der Waals surface area contributed by atoms with Crippen molar-refractivity contribution in [2.24, 2.45) is 0 Å². The average Bonchev–Trinajstić information content (AvgIpc) is 3.07. The number of aromatic nitrogens is 2. The molecule has 2 amide bonds. The van der Waals surface area contributed by atoms with Crippen LogP contribution in [0.5, 0.6) is 0 Å². The number of amides is 2. The van der Waals surface area contributed by atoms with Gasteiger partial charge in [-0.1, -0.05) is 24.3 Å². The molecule has 6 nitrogen and oxygen atoms in total. The van der Waals surface area contributed by atoms with Gasteiger partial charge in [-0.25, -0.2) is 13.5 Å². The maximum Gasteiger partial charge on any atom is 0.249 e. The lowest BCUT2D eigenvalue weighted by Crippen LogP contribution is -2.36. The van der Waals surface area contributed by atoms with Gasteiger partial charge in [-0.2, -0.15) is 5.10 Å².